The minimum absolute atomic E-state index is 0.0733. The summed E-state index contributed by atoms with van der Waals surface area (Å²) in [5.74, 6) is 0.774. The van der Waals surface area contributed by atoms with Crippen LogP contribution in [-0.4, -0.2) is 45.0 Å². The zero-order valence-corrected chi connectivity index (χ0v) is 17.4. The summed E-state index contributed by atoms with van der Waals surface area (Å²) >= 11 is 0. The number of hydrogen-bond acceptors (Lipinski definition) is 5. The molecule has 3 rings (SSSR count). The Morgan fingerprint density at radius 3 is 2.62 bits per heavy atom. The maximum absolute atomic E-state index is 12.0. The fourth-order valence-electron chi connectivity index (χ4n) is 3.20. The number of morpholine rings is 1. The van der Waals surface area contributed by atoms with Gasteiger partial charge in [0.2, 0.25) is 0 Å². The monoisotopic (exact) mass is 395 g/mol. The van der Waals surface area contributed by atoms with E-state index in [-0.39, 0.29) is 12.5 Å². The van der Waals surface area contributed by atoms with Crippen molar-refractivity contribution in [1.82, 2.24) is 5.43 Å². The lowest BCUT2D eigenvalue weighted by molar-refractivity contribution is -0.123. The summed E-state index contributed by atoms with van der Waals surface area (Å²) in [6.45, 7) is 9.52. The molecule has 0 bridgehead atoms. The number of nitrogens with one attached hydrogen (secondary N) is 1. The third kappa shape index (κ3) is 6.06. The van der Waals surface area contributed by atoms with Crippen molar-refractivity contribution in [2.75, 3.05) is 37.8 Å². The Morgan fingerprint density at radius 2 is 1.93 bits per heavy atom. The number of ether oxygens (including phenoxy) is 2. The van der Waals surface area contributed by atoms with Crippen molar-refractivity contribution >= 4 is 17.8 Å². The van der Waals surface area contributed by atoms with Gasteiger partial charge in [-0.05, 0) is 42.2 Å². The molecule has 1 aliphatic heterocycles. The molecular weight excluding hydrogens is 366 g/mol. The minimum atomic E-state index is -0.290. The number of rotatable bonds is 7. The number of aryl methyl sites for hydroxylation is 1. The van der Waals surface area contributed by atoms with E-state index in [0.717, 1.165) is 43.2 Å². The summed E-state index contributed by atoms with van der Waals surface area (Å²) in [5, 5.41) is 4.03. The predicted octanol–water partition coefficient (Wildman–Crippen LogP) is 3.48. The van der Waals surface area contributed by atoms with Gasteiger partial charge in [0.15, 0.2) is 6.61 Å². The van der Waals surface area contributed by atoms with Gasteiger partial charge in [-0.2, -0.15) is 5.10 Å². The molecule has 154 valence electrons. The molecule has 1 fully saturated rings. The molecule has 0 atom stereocenters. The summed E-state index contributed by atoms with van der Waals surface area (Å²) in [5.41, 5.74) is 6.88. The van der Waals surface area contributed by atoms with Crippen molar-refractivity contribution in [3.63, 3.8) is 0 Å². The maximum atomic E-state index is 12.0. The van der Waals surface area contributed by atoms with E-state index in [9.17, 15) is 4.79 Å². The molecule has 0 radical (unpaired) electrons. The van der Waals surface area contributed by atoms with Crippen molar-refractivity contribution in [3.05, 3.63) is 59.2 Å². The van der Waals surface area contributed by atoms with E-state index in [0.29, 0.717) is 5.92 Å². The van der Waals surface area contributed by atoms with E-state index in [1.165, 1.54) is 11.3 Å². The lowest BCUT2D eigenvalue weighted by Gasteiger charge is -2.28. The highest BCUT2D eigenvalue weighted by Gasteiger charge is 2.11. The standard InChI is InChI=1S/C23H29N3O3/c1-17(2)21-14-18(3)4-9-22(21)29-16-23(27)25-24-15-19-5-7-20(8-6-19)26-10-12-28-13-11-26/h4-9,14-15,17H,10-13,16H2,1-3H3,(H,25,27)/b24-15-. The highest BCUT2D eigenvalue weighted by atomic mass is 16.5. The van der Waals surface area contributed by atoms with E-state index >= 15 is 0 Å². The summed E-state index contributed by atoms with van der Waals surface area (Å²) in [4.78, 5) is 14.3. The van der Waals surface area contributed by atoms with Gasteiger partial charge in [0, 0.05) is 18.8 Å². The van der Waals surface area contributed by atoms with Gasteiger partial charge in [-0.1, -0.05) is 43.7 Å². The molecule has 1 aliphatic rings. The Morgan fingerprint density at radius 1 is 1.21 bits per heavy atom. The van der Waals surface area contributed by atoms with Crippen LogP contribution in [0.25, 0.3) is 0 Å². The largest absolute Gasteiger partial charge is 0.483 e. The molecule has 1 heterocycles. The summed E-state index contributed by atoms with van der Waals surface area (Å²) in [7, 11) is 0. The summed E-state index contributed by atoms with van der Waals surface area (Å²) < 4.78 is 11.1. The number of nitrogens with zero attached hydrogens (tertiary/aromatic N) is 2. The second-order valence-electron chi connectivity index (χ2n) is 7.47. The van der Waals surface area contributed by atoms with E-state index < -0.39 is 0 Å². The van der Waals surface area contributed by atoms with E-state index in [4.69, 9.17) is 9.47 Å². The summed E-state index contributed by atoms with van der Waals surface area (Å²) in [6.07, 6.45) is 1.63. The molecule has 29 heavy (non-hydrogen) atoms. The fraction of sp³-hybridized carbons (Fsp3) is 0.391. The molecule has 0 aliphatic carbocycles. The van der Waals surface area contributed by atoms with Crippen LogP contribution in [0.3, 0.4) is 0 Å². The van der Waals surface area contributed by atoms with Crippen LogP contribution in [0.1, 0.15) is 36.5 Å². The first kappa shape index (κ1) is 20.9. The van der Waals surface area contributed by atoms with Crippen LogP contribution in [0.4, 0.5) is 5.69 Å². The van der Waals surface area contributed by atoms with Gasteiger partial charge in [-0.3, -0.25) is 4.79 Å². The van der Waals surface area contributed by atoms with Crippen LogP contribution >= 0.6 is 0 Å². The topological polar surface area (TPSA) is 63.2 Å². The molecule has 1 saturated heterocycles. The molecule has 2 aromatic rings. The van der Waals surface area contributed by atoms with Crippen molar-refractivity contribution in [2.45, 2.75) is 26.7 Å². The van der Waals surface area contributed by atoms with E-state index in [1.807, 2.05) is 31.2 Å². The lowest BCUT2D eigenvalue weighted by Crippen LogP contribution is -2.36. The molecule has 1 amide bonds. The van der Waals surface area contributed by atoms with Crippen LogP contribution in [-0.2, 0) is 9.53 Å². The molecule has 6 nitrogen and oxygen atoms in total. The molecule has 0 aromatic heterocycles. The van der Waals surface area contributed by atoms with Crippen LogP contribution in [0, 0.1) is 6.92 Å². The van der Waals surface area contributed by atoms with Gasteiger partial charge < -0.3 is 14.4 Å². The number of amides is 1. The van der Waals surface area contributed by atoms with Gasteiger partial charge in [0.1, 0.15) is 5.75 Å². The highest BCUT2D eigenvalue weighted by Crippen LogP contribution is 2.27. The Bertz CT molecular complexity index is 841. The molecule has 0 saturated carbocycles. The molecule has 6 heteroatoms. The maximum Gasteiger partial charge on any atom is 0.277 e. The van der Waals surface area contributed by atoms with Crippen LogP contribution in [0.15, 0.2) is 47.6 Å². The molecule has 1 N–H and O–H groups in total. The third-order valence-electron chi connectivity index (χ3n) is 4.82. The first-order chi connectivity index (χ1) is 14.0. The number of hydrogen-bond donors (Lipinski definition) is 1. The molecule has 0 spiro atoms. The average Bonchev–Trinajstić information content (AvgIpc) is 2.74. The van der Waals surface area contributed by atoms with Gasteiger partial charge in [0.25, 0.3) is 5.91 Å². The first-order valence-electron chi connectivity index (χ1n) is 10.0. The second kappa shape index (κ2) is 10.1. The number of anilines is 1. The van der Waals surface area contributed by atoms with Gasteiger partial charge >= 0.3 is 0 Å². The fourth-order valence-corrected chi connectivity index (χ4v) is 3.20. The molecular formula is C23H29N3O3. The van der Waals surface area contributed by atoms with Gasteiger partial charge in [-0.15, -0.1) is 0 Å². The van der Waals surface area contributed by atoms with Gasteiger partial charge in [-0.25, -0.2) is 5.43 Å². The Hall–Kier alpha value is -2.86. The molecule has 0 unspecified atom stereocenters. The van der Waals surface area contributed by atoms with Crippen LogP contribution in [0.5, 0.6) is 5.75 Å². The Labute approximate surface area is 172 Å². The first-order valence-corrected chi connectivity index (χ1v) is 10.0. The average molecular weight is 396 g/mol. The quantitative estimate of drug-likeness (QED) is 0.576. The van der Waals surface area contributed by atoms with Crippen molar-refractivity contribution in [3.8, 4) is 5.75 Å². The number of carbonyl (C=O) groups is 1. The normalized spacial score (nSPS) is 14.4. The summed E-state index contributed by atoms with van der Waals surface area (Å²) in [6, 6.07) is 14.1. The van der Waals surface area contributed by atoms with Crippen LogP contribution in [0.2, 0.25) is 0 Å². The van der Waals surface area contributed by atoms with Gasteiger partial charge in [0.05, 0.1) is 19.4 Å². The Kier molecular flexibility index (Phi) is 7.25. The number of hydrazone groups is 1. The van der Waals surface area contributed by atoms with Crippen LogP contribution < -0.4 is 15.1 Å². The SMILES string of the molecule is Cc1ccc(OCC(=O)N/N=C\c2ccc(N3CCOCC3)cc2)c(C(C)C)c1. The minimum Gasteiger partial charge on any atom is -0.483 e. The zero-order valence-electron chi connectivity index (χ0n) is 17.4. The predicted molar refractivity (Wildman–Crippen MR) is 116 cm³/mol. The molecule has 2 aromatic carbocycles. The van der Waals surface area contributed by atoms with E-state index in [1.54, 1.807) is 6.21 Å². The van der Waals surface area contributed by atoms with Crippen molar-refractivity contribution in [1.29, 1.82) is 0 Å². The van der Waals surface area contributed by atoms with E-state index in [2.05, 4.69) is 47.5 Å². The zero-order chi connectivity index (χ0) is 20.6. The number of benzene rings is 2. The second-order valence-corrected chi connectivity index (χ2v) is 7.47. The van der Waals surface area contributed by atoms with Crippen molar-refractivity contribution < 1.29 is 14.3 Å². The van der Waals surface area contributed by atoms with Crippen molar-refractivity contribution in [2.24, 2.45) is 5.10 Å². The smallest absolute Gasteiger partial charge is 0.277 e. The number of carbonyl (C=O) groups excluding carboxylic acids is 1. The highest BCUT2D eigenvalue weighted by molar-refractivity contribution is 5.83. The lowest BCUT2D eigenvalue weighted by atomic mass is 10.00. The Balaban J connectivity index is 1.48. The third-order valence-corrected chi connectivity index (χ3v) is 4.82.